The van der Waals surface area contributed by atoms with E-state index in [1.54, 1.807) is 0 Å². The Morgan fingerprint density at radius 1 is 1.00 bits per heavy atom. The molecule has 2 heterocycles. The van der Waals surface area contributed by atoms with E-state index in [0.717, 1.165) is 0 Å². The summed E-state index contributed by atoms with van der Waals surface area (Å²) in [5.41, 5.74) is -0.882. The first-order chi connectivity index (χ1) is 12.0. The van der Waals surface area contributed by atoms with Gasteiger partial charge in [-0.25, -0.2) is 4.79 Å². The first-order valence-electron chi connectivity index (χ1n) is 9.15. The van der Waals surface area contributed by atoms with Gasteiger partial charge >= 0.3 is 5.97 Å². The van der Waals surface area contributed by atoms with E-state index in [1.165, 1.54) is 6.92 Å². The van der Waals surface area contributed by atoms with Crippen LogP contribution in [0, 0.1) is 5.41 Å². The Kier molecular flexibility index (Phi) is 6.37. The van der Waals surface area contributed by atoms with Gasteiger partial charge in [0.05, 0.1) is 37.4 Å². The van der Waals surface area contributed by atoms with Crippen LogP contribution < -0.4 is 0 Å². The summed E-state index contributed by atoms with van der Waals surface area (Å²) in [6, 6.07) is 0. The molecule has 152 valence electrons. The lowest BCUT2D eigenvalue weighted by Gasteiger charge is -2.51. The van der Waals surface area contributed by atoms with Crippen LogP contribution in [0.2, 0.25) is 0 Å². The van der Waals surface area contributed by atoms with Gasteiger partial charge in [-0.3, -0.25) is 0 Å². The third kappa shape index (κ3) is 4.94. The fourth-order valence-electron chi connectivity index (χ4n) is 2.86. The van der Waals surface area contributed by atoms with E-state index in [9.17, 15) is 4.79 Å². The third-order valence-electron chi connectivity index (χ3n) is 4.42. The molecule has 2 aliphatic heterocycles. The van der Waals surface area contributed by atoms with Gasteiger partial charge in [-0.15, -0.1) is 0 Å². The minimum atomic E-state index is -1.36. The van der Waals surface area contributed by atoms with Crippen molar-refractivity contribution in [2.45, 2.75) is 78.0 Å². The third-order valence-corrected chi connectivity index (χ3v) is 4.42. The molecule has 0 aromatic carbocycles. The van der Waals surface area contributed by atoms with E-state index < -0.39 is 35.0 Å². The van der Waals surface area contributed by atoms with Gasteiger partial charge in [-0.2, -0.15) is 0 Å². The summed E-state index contributed by atoms with van der Waals surface area (Å²) in [4.78, 5) is 11.1. The zero-order valence-electron chi connectivity index (χ0n) is 16.6. The van der Waals surface area contributed by atoms with Gasteiger partial charge < -0.3 is 33.5 Å². The highest BCUT2D eigenvalue weighted by Crippen LogP contribution is 2.40. The fourth-order valence-corrected chi connectivity index (χ4v) is 2.86. The van der Waals surface area contributed by atoms with Crippen LogP contribution >= 0.6 is 0 Å². The molecule has 0 aliphatic carbocycles. The Balaban J connectivity index is 1.98. The topological polar surface area (TPSA) is 92.7 Å². The average Bonchev–Trinajstić information content (AvgIpc) is 2.58. The number of hydrogen-bond acceptors (Lipinski definition) is 7. The Hall–Kier alpha value is -0.770. The molecule has 26 heavy (non-hydrogen) atoms. The molecule has 0 aromatic rings. The van der Waals surface area contributed by atoms with E-state index in [-0.39, 0.29) is 13.2 Å². The summed E-state index contributed by atoms with van der Waals surface area (Å²) in [7, 11) is 0. The Bertz CT molecular complexity index is 480. The Morgan fingerprint density at radius 3 is 1.77 bits per heavy atom. The molecule has 0 aromatic heterocycles. The highest BCUT2D eigenvalue weighted by Gasteiger charge is 2.52. The maximum Gasteiger partial charge on any atom is 0.332 e. The van der Waals surface area contributed by atoms with Crippen molar-refractivity contribution in [2.24, 2.45) is 5.41 Å². The highest BCUT2D eigenvalue weighted by atomic mass is 16.9. The molecule has 0 saturated carbocycles. The second-order valence-electron chi connectivity index (χ2n) is 8.04. The van der Waals surface area contributed by atoms with Gasteiger partial charge in [0.25, 0.3) is 11.9 Å². The molecule has 0 radical (unpaired) electrons. The van der Waals surface area contributed by atoms with Crippen LogP contribution in [0.25, 0.3) is 0 Å². The summed E-state index contributed by atoms with van der Waals surface area (Å²) in [5.74, 6) is -3.50. The monoisotopic (exact) mass is 376 g/mol. The molecule has 2 rings (SSSR count). The number of aliphatic carboxylic acids is 1. The summed E-state index contributed by atoms with van der Waals surface area (Å²) < 4.78 is 35.1. The van der Waals surface area contributed by atoms with Gasteiger partial charge in [0, 0.05) is 12.8 Å². The lowest BCUT2D eigenvalue weighted by Crippen LogP contribution is -2.61. The molecule has 2 aliphatic rings. The van der Waals surface area contributed by atoms with Crippen molar-refractivity contribution in [2.75, 3.05) is 26.4 Å². The van der Waals surface area contributed by atoms with Crippen LogP contribution in [0.4, 0.5) is 0 Å². The molecule has 1 spiro atoms. The lowest BCUT2D eigenvalue weighted by molar-refractivity contribution is -0.476. The second kappa shape index (κ2) is 7.69. The van der Waals surface area contributed by atoms with E-state index in [4.69, 9.17) is 33.5 Å². The maximum atomic E-state index is 11.1. The van der Waals surface area contributed by atoms with E-state index in [0.29, 0.717) is 26.1 Å². The van der Waals surface area contributed by atoms with Gasteiger partial charge in [0.1, 0.15) is 0 Å². The van der Waals surface area contributed by atoms with Crippen molar-refractivity contribution in [1.82, 2.24) is 0 Å². The van der Waals surface area contributed by atoms with Crippen molar-refractivity contribution < 1.29 is 38.3 Å². The predicted octanol–water partition coefficient (Wildman–Crippen LogP) is 2.50. The summed E-state index contributed by atoms with van der Waals surface area (Å²) in [6.07, 6.45) is -0.106. The first-order valence-corrected chi connectivity index (χ1v) is 9.15. The van der Waals surface area contributed by atoms with E-state index in [2.05, 4.69) is 0 Å². The number of rotatable bonds is 6. The molecular weight excluding hydrogens is 344 g/mol. The number of ether oxygens (including phenoxy) is 6. The van der Waals surface area contributed by atoms with Crippen LogP contribution in [0.3, 0.4) is 0 Å². The van der Waals surface area contributed by atoms with Gasteiger partial charge in [0.2, 0.25) is 0 Å². The second-order valence-corrected chi connectivity index (χ2v) is 8.04. The van der Waals surface area contributed by atoms with E-state index in [1.807, 2.05) is 34.6 Å². The van der Waals surface area contributed by atoms with Gasteiger partial charge in [0.15, 0.2) is 6.10 Å². The average molecular weight is 376 g/mol. The van der Waals surface area contributed by atoms with Gasteiger partial charge in [-0.1, -0.05) is 13.8 Å². The zero-order chi connectivity index (χ0) is 19.6. The number of hydrogen-bond donors (Lipinski definition) is 1. The quantitative estimate of drug-likeness (QED) is 0.756. The predicted molar refractivity (Wildman–Crippen MR) is 91.3 cm³/mol. The van der Waals surface area contributed by atoms with Crippen molar-refractivity contribution in [3.05, 3.63) is 0 Å². The van der Waals surface area contributed by atoms with Crippen molar-refractivity contribution in [3.63, 3.8) is 0 Å². The minimum Gasteiger partial charge on any atom is -0.479 e. The number of carboxylic acid groups (broad SMARTS) is 1. The zero-order valence-corrected chi connectivity index (χ0v) is 16.6. The first kappa shape index (κ1) is 21.5. The van der Waals surface area contributed by atoms with Crippen LogP contribution in [0.5, 0.6) is 0 Å². The van der Waals surface area contributed by atoms with Crippen LogP contribution in [0.1, 0.15) is 54.4 Å². The lowest BCUT2D eigenvalue weighted by atomic mass is 9.90. The number of carbonyl (C=O) groups is 1. The Morgan fingerprint density at radius 2 is 1.42 bits per heavy atom. The molecular formula is C18H32O8. The minimum absolute atomic E-state index is 0.280. The van der Waals surface area contributed by atoms with Crippen LogP contribution in [-0.4, -0.2) is 61.2 Å². The molecule has 8 heteroatoms. The summed E-state index contributed by atoms with van der Waals surface area (Å²) in [6.45, 7) is 12.3. The van der Waals surface area contributed by atoms with Crippen LogP contribution in [-0.2, 0) is 33.2 Å². The molecule has 0 bridgehead atoms. The summed E-state index contributed by atoms with van der Waals surface area (Å²) >= 11 is 0. The molecule has 1 atom stereocenters. The highest BCUT2D eigenvalue weighted by molar-refractivity contribution is 5.71. The molecule has 8 nitrogen and oxygen atoms in total. The van der Waals surface area contributed by atoms with E-state index >= 15 is 0 Å². The van der Waals surface area contributed by atoms with Gasteiger partial charge in [-0.05, 0) is 27.7 Å². The molecule has 2 fully saturated rings. The van der Waals surface area contributed by atoms with Crippen molar-refractivity contribution in [3.8, 4) is 0 Å². The standard InChI is InChI=1S/C18H32O8/c1-7-17(25-13(3)14(19)20)21-9-16(10-22-17)11-23-18(8-2,24-12-16)26-15(4,5)6/h13H,7-12H2,1-6H3,(H,19,20). The maximum absolute atomic E-state index is 11.1. The van der Waals surface area contributed by atoms with Crippen molar-refractivity contribution >= 4 is 5.97 Å². The molecule has 1 N–H and O–H groups in total. The fraction of sp³-hybridized carbons (Fsp3) is 0.944. The normalized spacial score (nSPS) is 36.8. The van der Waals surface area contributed by atoms with Crippen LogP contribution in [0.15, 0.2) is 0 Å². The Labute approximate surface area is 155 Å². The largest absolute Gasteiger partial charge is 0.479 e. The number of carboxylic acids is 1. The van der Waals surface area contributed by atoms with Crippen molar-refractivity contribution in [1.29, 1.82) is 0 Å². The smallest absolute Gasteiger partial charge is 0.332 e. The molecule has 2 saturated heterocycles. The SMILES string of the molecule is CCC1(OC(C)C(=O)O)OCC2(CO1)COC(CC)(OC(C)(C)C)OC2. The molecule has 1 unspecified atom stereocenters. The summed E-state index contributed by atoms with van der Waals surface area (Å²) in [5, 5.41) is 9.05. The molecule has 0 amide bonds.